The molecular weight excluding hydrogens is 202 g/mol. The number of aromatic hydroxyl groups is 1. The highest BCUT2D eigenvalue weighted by Crippen LogP contribution is 2.30. The van der Waals surface area contributed by atoms with Gasteiger partial charge in [-0.3, -0.25) is 10.1 Å². The van der Waals surface area contributed by atoms with Crippen molar-refractivity contribution in [2.75, 3.05) is 7.11 Å². The maximum Gasteiger partial charge on any atom is 0.273 e. The molecule has 0 heterocycles. The number of hydrogen-bond donors (Lipinski definition) is 1. The van der Waals surface area contributed by atoms with Gasteiger partial charge in [-0.2, -0.15) is 0 Å². The molecule has 0 aromatic heterocycles. The van der Waals surface area contributed by atoms with Crippen molar-refractivity contribution in [1.82, 2.24) is 0 Å². The Morgan fingerprint density at radius 1 is 1.53 bits per heavy atom. The van der Waals surface area contributed by atoms with Gasteiger partial charge in [0.05, 0.1) is 11.0 Å². The molecule has 1 aromatic carbocycles. The number of phenolic OH excluding ortho intramolecular Hbond substituents is 1. The van der Waals surface area contributed by atoms with E-state index in [9.17, 15) is 15.2 Å². The van der Waals surface area contributed by atoms with Crippen molar-refractivity contribution in [1.29, 1.82) is 0 Å². The van der Waals surface area contributed by atoms with E-state index in [1.54, 1.807) is 6.92 Å². The minimum absolute atomic E-state index is 0.148. The van der Waals surface area contributed by atoms with Crippen LogP contribution in [0.5, 0.6) is 11.5 Å². The Bertz CT molecular complexity index is 366. The minimum Gasteiger partial charge on any atom is -0.504 e. The summed E-state index contributed by atoms with van der Waals surface area (Å²) in [4.78, 5) is 9.78. The van der Waals surface area contributed by atoms with Crippen LogP contribution in [0, 0.1) is 10.1 Å². The number of phenols is 1. The molecular formula is C9H11NO5. The van der Waals surface area contributed by atoms with Gasteiger partial charge in [-0.15, -0.1) is 0 Å². The van der Waals surface area contributed by atoms with Gasteiger partial charge < -0.3 is 14.6 Å². The van der Waals surface area contributed by atoms with Gasteiger partial charge in [-0.25, -0.2) is 0 Å². The maximum atomic E-state index is 10.4. The smallest absolute Gasteiger partial charge is 0.273 e. The molecule has 0 fully saturated rings. The zero-order valence-corrected chi connectivity index (χ0v) is 8.34. The third kappa shape index (κ3) is 2.81. The number of benzene rings is 1. The van der Waals surface area contributed by atoms with Crippen LogP contribution >= 0.6 is 0 Å². The lowest BCUT2D eigenvalue weighted by Gasteiger charge is -2.13. The van der Waals surface area contributed by atoms with Crippen molar-refractivity contribution in [2.24, 2.45) is 0 Å². The van der Waals surface area contributed by atoms with Gasteiger partial charge in [-0.05, 0) is 13.0 Å². The molecule has 0 aliphatic heterocycles. The van der Waals surface area contributed by atoms with Crippen LogP contribution in [0.2, 0.25) is 0 Å². The van der Waals surface area contributed by atoms with E-state index in [1.165, 1.54) is 19.2 Å². The van der Waals surface area contributed by atoms with Crippen LogP contribution in [0.25, 0.3) is 0 Å². The fourth-order valence-corrected chi connectivity index (χ4v) is 0.946. The molecule has 0 bridgehead atoms. The van der Waals surface area contributed by atoms with Crippen LogP contribution in [-0.4, -0.2) is 23.4 Å². The molecule has 0 spiro atoms. The summed E-state index contributed by atoms with van der Waals surface area (Å²) in [5.41, 5.74) is -0.190. The Morgan fingerprint density at radius 3 is 2.67 bits per heavy atom. The first kappa shape index (κ1) is 11.3. The molecule has 1 N–H and O–H groups in total. The summed E-state index contributed by atoms with van der Waals surface area (Å²) < 4.78 is 9.95. The van der Waals surface area contributed by atoms with Gasteiger partial charge in [0.15, 0.2) is 17.8 Å². The summed E-state index contributed by atoms with van der Waals surface area (Å²) in [5.74, 6) is -0.136. The highest BCUT2D eigenvalue weighted by atomic mass is 16.7. The van der Waals surface area contributed by atoms with Crippen molar-refractivity contribution < 1.29 is 19.5 Å². The monoisotopic (exact) mass is 213 g/mol. The second-order valence-corrected chi connectivity index (χ2v) is 2.83. The molecule has 6 heteroatoms. The number of nitro benzene ring substituents is 1. The Kier molecular flexibility index (Phi) is 3.46. The van der Waals surface area contributed by atoms with Crippen molar-refractivity contribution in [3.63, 3.8) is 0 Å². The first-order chi connectivity index (χ1) is 7.04. The molecule has 1 unspecified atom stereocenters. The fourth-order valence-electron chi connectivity index (χ4n) is 0.946. The number of ether oxygens (including phenoxy) is 2. The van der Waals surface area contributed by atoms with Crippen LogP contribution in [0.4, 0.5) is 5.69 Å². The average molecular weight is 213 g/mol. The summed E-state index contributed by atoms with van der Waals surface area (Å²) >= 11 is 0. The number of nitro groups is 1. The second kappa shape index (κ2) is 4.61. The van der Waals surface area contributed by atoms with E-state index in [2.05, 4.69) is 0 Å². The fraction of sp³-hybridized carbons (Fsp3) is 0.333. The van der Waals surface area contributed by atoms with E-state index in [1.807, 2.05) is 0 Å². The first-order valence-corrected chi connectivity index (χ1v) is 4.21. The molecule has 82 valence electrons. The molecule has 0 saturated carbocycles. The van der Waals surface area contributed by atoms with Gasteiger partial charge in [0.25, 0.3) is 5.69 Å². The minimum atomic E-state index is -0.594. The predicted molar refractivity (Wildman–Crippen MR) is 51.9 cm³/mol. The van der Waals surface area contributed by atoms with E-state index in [4.69, 9.17) is 9.47 Å². The van der Waals surface area contributed by atoms with Crippen LogP contribution in [0.3, 0.4) is 0 Å². The Balaban J connectivity index is 2.88. The lowest BCUT2D eigenvalue weighted by molar-refractivity contribution is -0.385. The average Bonchev–Trinajstić information content (AvgIpc) is 2.20. The van der Waals surface area contributed by atoms with Crippen molar-refractivity contribution in [2.45, 2.75) is 13.2 Å². The molecule has 1 rings (SSSR count). The third-order valence-corrected chi connectivity index (χ3v) is 1.78. The van der Waals surface area contributed by atoms with Crippen LogP contribution in [0.15, 0.2) is 18.2 Å². The van der Waals surface area contributed by atoms with E-state index in [0.29, 0.717) is 0 Å². The number of non-ortho nitro benzene ring substituents is 1. The van der Waals surface area contributed by atoms with Crippen LogP contribution < -0.4 is 4.74 Å². The zero-order chi connectivity index (χ0) is 11.4. The lowest BCUT2D eigenvalue weighted by Crippen LogP contribution is -2.13. The molecule has 6 nitrogen and oxygen atoms in total. The van der Waals surface area contributed by atoms with E-state index >= 15 is 0 Å². The van der Waals surface area contributed by atoms with E-state index in [0.717, 1.165) is 6.07 Å². The Labute approximate surface area is 86.2 Å². The lowest BCUT2D eigenvalue weighted by atomic mass is 10.3. The molecule has 1 aromatic rings. The van der Waals surface area contributed by atoms with Gasteiger partial charge in [0, 0.05) is 13.2 Å². The van der Waals surface area contributed by atoms with Crippen molar-refractivity contribution in [3.8, 4) is 11.5 Å². The largest absolute Gasteiger partial charge is 0.504 e. The summed E-state index contributed by atoms with van der Waals surface area (Å²) in [7, 11) is 1.45. The number of rotatable bonds is 4. The number of nitrogens with zero attached hydrogens (tertiary/aromatic N) is 1. The quantitative estimate of drug-likeness (QED) is 0.467. The van der Waals surface area contributed by atoms with Crippen molar-refractivity contribution in [3.05, 3.63) is 28.3 Å². The van der Waals surface area contributed by atoms with Crippen molar-refractivity contribution >= 4 is 5.69 Å². The standard InChI is InChI=1S/C9H11NO5/c1-6(14-2)15-9-4-3-7(10(12)13)5-8(9)11/h3-6,11H,1-2H3. The Hall–Kier alpha value is -1.82. The number of hydrogen-bond acceptors (Lipinski definition) is 5. The summed E-state index contributed by atoms with van der Waals surface area (Å²) in [6.07, 6.45) is -0.530. The van der Waals surface area contributed by atoms with Crippen LogP contribution in [-0.2, 0) is 4.74 Å². The van der Waals surface area contributed by atoms with Gasteiger partial charge in [0.1, 0.15) is 0 Å². The molecule has 0 saturated heterocycles. The molecule has 0 aliphatic carbocycles. The van der Waals surface area contributed by atoms with Gasteiger partial charge in [0.2, 0.25) is 0 Å². The number of methoxy groups -OCH3 is 1. The topological polar surface area (TPSA) is 81.8 Å². The molecule has 0 radical (unpaired) electrons. The van der Waals surface area contributed by atoms with E-state index in [-0.39, 0.29) is 17.2 Å². The SMILES string of the molecule is COC(C)Oc1ccc([N+](=O)[O-])cc1O. The second-order valence-electron chi connectivity index (χ2n) is 2.83. The molecule has 1 atom stereocenters. The van der Waals surface area contributed by atoms with Gasteiger partial charge in [-0.1, -0.05) is 0 Å². The molecule has 0 aliphatic rings. The molecule has 0 amide bonds. The van der Waals surface area contributed by atoms with Gasteiger partial charge >= 0.3 is 0 Å². The third-order valence-electron chi connectivity index (χ3n) is 1.78. The molecule has 15 heavy (non-hydrogen) atoms. The highest BCUT2D eigenvalue weighted by molar-refractivity contribution is 5.47. The summed E-state index contributed by atoms with van der Waals surface area (Å²) in [5, 5.41) is 19.8. The Morgan fingerprint density at radius 2 is 2.20 bits per heavy atom. The normalized spacial score (nSPS) is 12.1. The maximum absolute atomic E-state index is 10.4. The highest BCUT2D eigenvalue weighted by Gasteiger charge is 2.12. The zero-order valence-electron chi connectivity index (χ0n) is 8.34. The summed E-state index contributed by atoms with van der Waals surface area (Å²) in [6.45, 7) is 1.64. The first-order valence-electron chi connectivity index (χ1n) is 4.21. The van der Waals surface area contributed by atoms with E-state index < -0.39 is 11.2 Å². The predicted octanol–water partition coefficient (Wildman–Crippen LogP) is 1.67. The van der Waals surface area contributed by atoms with Crippen LogP contribution in [0.1, 0.15) is 6.92 Å². The summed E-state index contributed by atoms with van der Waals surface area (Å²) in [6, 6.07) is 3.60.